The predicted octanol–water partition coefficient (Wildman–Crippen LogP) is 0.395. The van der Waals surface area contributed by atoms with E-state index in [1.54, 1.807) is 0 Å². The standard InChI is InChI=1S/C10H8FNO5S/c11-5-1-2-6-7(3-5)18(16,17)8(4-9(13)14)10(15)12-6/h1-3,8H,4H2,(H,12,15)(H,13,14). The number of benzene rings is 1. The summed E-state index contributed by atoms with van der Waals surface area (Å²) < 4.78 is 37.1. The smallest absolute Gasteiger partial charge is 0.305 e. The Morgan fingerprint density at radius 1 is 1.44 bits per heavy atom. The molecule has 1 atom stereocenters. The van der Waals surface area contributed by atoms with Crippen LogP contribution in [-0.2, 0) is 19.4 Å². The molecule has 0 saturated heterocycles. The molecule has 96 valence electrons. The van der Waals surface area contributed by atoms with Crippen molar-refractivity contribution >= 4 is 27.4 Å². The normalized spacial score (nSPS) is 20.9. The van der Waals surface area contributed by atoms with Crippen LogP contribution < -0.4 is 5.32 Å². The molecule has 0 aliphatic carbocycles. The van der Waals surface area contributed by atoms with E-state index in [0.29, 0.717) is 0 Å². The fourth-order valence-electron chi connectivity index (χ4n) is 1.70. The van der Waals surface area contributed by atoms with Gasteiger partial charge in [0.2, 0.25) is 5.91 Å². The van der Waals surface area contributed by atoms with Crippen molar-refractivity contribution in [1.82, 2.24) is 0 Å². The highest BCUT2D eigenvalue weighted by molar-refractivity contribution is 7.93. The van der Waals surface area contributed by atoms with E-state index in [-0.39, 0.29) is 5.69 Å². The number of carboxylic acid groups (broad SMARTS) is 1. The van der Waals surface area contributed by atoms with Crippen molar-refractivity contribution < 1.29 is 27.5 Å². The van der Waals surface area contributed by atoms with Gasteiger partial charge in [0, 0.05) is 0 Å². The predicted molar refractivity (Wildman–Crippen MR) is 58.3 cm³/mol. The highest BCUT2D eigenvalue weighted by Crippen LogP contribution is 2.32. The van der Waals surface area contributed by atoms with Crippen LogP contribution in [-0.4, -0.2) is 30.7 Å². The van der Waals surface area contributed by atoms with Gasteiger partial charge < -0.3 is 10.4 Å². The van der Waals surface area contributed by atoms with E-state index in [1.807, 2.05) is 0 Å². The lowest BCUT2D eigenvalue weighted by Gasteiger charge is -2.23. The first-order valence-corrected chi connectivity index (χ1v) is 6.43. The zero-order valence-electron chi connectivity index (χ0n) is 8.88. The Labute approximate surface area is 101 Å². The molecule has 1 aliphatic rings. The van der Waals surface area contributed by atoms with Gasteiger partial charge in [0.15, 0.2) is 15.1 Å². The monoisotopic (exact) mass is 273 g/mol. The zero-order valence-corrected chi connectivity index (χ0v) is 9.70. The Bertz CT molecular complexity index is 640. The van der Waals surface area contributed by atoms with Crippen LogP contribution in [0.5, 0.6) is 0 Å². The van der Waals surface area contributed by atoms with Gasteiger partial charge >= 0.3 is 5.97 Å². The van der Waals surface area contributed by atoms with Crippen LogP contribution in [0, 0.1) is 5.82 Å². The van der Waals surface area contributed by atoms with Crippen molar-refractivity contribution in [2.24, 2.45) is 0 Å². The molecule has 8 heteroatoms. The number of fused-ring (bicyclic) bond motifs is 1. The highest BCUT2D eigenvalue weighted by Gasteiger charge is 2.41. The minimum absolute atomic E-state index is 0.0389. The van der Waals surface area contributed by atoms with Crippen LogP contribution in [0.15, 0.2) is 23.1 Å². The quantitative estimate of drug-likeness (QED) is 0.812. The van der Waals surface area contributed by atoms with Gasteiger partial charge in [0.25, 0.3) is 0 Å². The number of rotatable bonds is 2. The van der Waals surface area contributed by atoms with Crippen molar-refractivity contribution in [3.8, 4) is 0 Å². The zero-order chi connectivity index (χ0) is 13.5. The average Bonchev–Trinajstić information content (AvgIpc) is 2.26. The van der Waals surface area contributed by atoms with Crippen LogP contribution in [0.2, 0.25) is 0 Å². The summed E-state index contributed by atoms with van der Waals surface area (Å²) in [6.45, 7) is 0. The second-order valence-electron chi connectivity index (χ2n) is 3.76. The summed E-state index contributed by atoms with van der Waals surface area (Å²) in [5.74, 6) is -3.11. The van der Waals surface area contributed by atoms with Crippen molar-refractivity contribution in [3.05, 3.63) is 24.0 Å². The number of carboxylic acids is 1. The van der Waals surface area contributed by atoms with Crippen LogP contribution in [0.4, 0.5) is 10.1 Å². The van der Waals surface area contributed by atoms with Crippen molar-refractivity contribution in [2.75, 3.05) is 5.32 Å². The van der Waals surface area contributed by atoms with Crippen molar-refractivity contribution in [3.63, 3.8) is 0 Å². The molecule has 18 heavy (non-hydrogen) atoms. The van der Waals surface area contributed by atoms with Crippen LogP contribution in [0.1, 0.15) is 6.42 Å². The van der Waals surface area contributed by atoms with Gasteiger partial charge in [0.05, 0.1) is 17.0 Å². The Hall–Kier alpha value is -1.96. The molecule has 2 rings (SSSR count). The van der Waals surface area contributed by atoms with Crippen LogP contribution >= 0.6 is 0 Å². The molecule has 0 spiro atoms. The number of carbonyl (C=O) groups is 2. The van der Waals surface area contributed by atoms with E-state index in [1.165, 1.54) is 0 Å². The van der Waals surface area contributed by atoms with E-state index in [9.17, 15) is 22.4 Å². The van der Waals surface area contributed by atoms with E-state index < -0.39 is 44.1 Å². The maximum absolute atomic E-state index is 13.0. The summed E-state index contributed by atoms with van der Waals surface area (Å²) in [5.41, 5.74) is -0.0389. The van der Waals surface area contributed by atoms with Gasteiger partial charge in [-0.1, -0.05) is 0 Å². The van der Waals surface area contributed by atoms with E-state index in [0.717, 1.165) is 18.2 Å². The molecule has 0 radical (unpaired) electrons. The second kappa shape index (κ2) is 4.05. The Balaban J connectivity index is 2.58. The first kappa shape index (κ1) is 12.5. The first-order valence-electron chi connectivity index (χ1n) is 4.88. The number of sulfone groups is 1. The molecular weight excluding hydrogens is 265 g/mol. The number of anilines is 1. The fraction of sp³-hybridized carbons (Fsp3) is 0.200. The first-order chi connectivity index (χ1) is 8.32. The lowest BCUT2D eigenvalue weighted by molar-refractivity contribution is -0.138. The van der Waals surface area contributed by atoms with Gasteiger partial charge in [-0.25, -0.2) is 12.8 Å². The number of carbonyl (C=O) groups excluding carboxylic acids is 1. The molecule has 0 bridgehead atoms. The van der Waals surface area contributed by atoms with Gasteiger partial charge in [-0.15, -0.1) is 0 Å². The molecule has 2 N–H and O–H groups in total. The molecule has 0 saturated carbocycles. The Kier molecular flexibility index (Phi) is 2.81. The average molecular weight is 273 g/mol. The summed E-state index contributed by atoms with van der Waals surface area (Å²) in [7, 11) is -4.18. The van der Waals surface area contributed by atoms with E-state index in [2.05, 4.69) is 5.32 Å². The topological polar surface area (TPSA) is 101 Å². The summed E-state index contributed by atoms with van der Waals surface area (Å²) in [5, 5.41) is 9.12. The lowest BCUT2D eigenvalue weighted by Crippen LogP contribution is -2.41. The third kappa shape index (κ3) is 1.94. The van der Waals surface area contributed by atoms with Crippen molar-refractivity contribution in [2.45, 2.75) is 16.6 Å². The number of hydrogen-bond donors (Lipinski definition) is 2. The minimum atomic E-state index is -4.18. The van der Waals surface area contributed by atoms with Gasteiger partial charge in [-0.05, 0) is 18.2 Å². The number of nitrogens with one attached hydrogen (secondary N) is 1. The second-order valence-corrected chi connectivity index (χ2v) is 5.86. The summed E-state index contributed by atoms with van der Waals surface area (Å²) >= 11 is 0. The molecular formula is C10H8FNO5S. The van der Waals surface area contributed by atoms with Gasteiger partial charge in [-0.3, -0.25) is 9.59 Å². The molecule has 1 aromatic rings. The number of hydrogen-bond acceptors (Lipinski definition) is 4. The van der Waals surface area contributed by atoms with Crippen molar-refractivity contribution in [1.29, 1.82) is 0 Å². The van der Waals surface area contributed by atoms with Gasteiger partial charge in [0.1, 0.15) is 5.82 Å². The fourth-order valence-corrected chi connectivity index (χ4v) is 3.41. The maximum Gasteiger partial charge on any atom is 0.305 e. The Morgan fingerprint density at radius 3 is 2.72 bits per heavy atom. The third-order valence-electron chi connectivity index (χ3n) is 2.54. The molecule has 1 aliphatic heterocycles. The van der Waals surface area contributed by atoms with E-state index in [4.69, 9.17) is 5.11 Å². The summed E-state index contributed by atoms with van der Waals surface area (Å²) in [6, 6.07) is 2.89. The highest BCUT2D eigenvalue weighted by atomic mass is 32.2. The molecule has 1 amide bonds. The number of amides is 1. The minimum Gasteiger partial charge on any atom is -0.481 e. The molecule has 6 nitrogen and oxygen atoms in total. The number of aliphatic carboxylic acids is 1. The molecule has 1 heterocycles. The van der Waals surface area contributed by atoms with E-state index >= 15 is 0 Å². The molecule has 0 aromatic heterocycles. The Morgan fingerprint density at radius 2 is 2.11 bits per heavy atom. The van der Waals surface area contributed by atoms with Gasteiger partial charge in [-0.2, -0.15) is 0 Å². The molecule has 1 unspecified atom stereocenters. The summed E-state index contributed by atoms with van der Waals surface area (Å²) in [6.07, 6.45) is -0.857. The SMILES string of the molecule is O=C(O)CC1C(=O)Nc2ccc(F)cc2S1(=O)=O. The van der Waals surface area contributed by atoms with Crippen LogP contribution in [0.25, 0.3) is 0 Å². The number of halogens is 1. The molecule has 0 fully saturated rings. The van der Waals surface area contributed by atoms with Crippen LogP contribution in [0.3, 0.4) is 0 Å². The largest absolute Gasteiger partial charge is 0.481 e. The third-order valence-corrected chi connectivity index (χ3v) is 4.62. The maximum atomic E-state index is 13.0. The lowest BCUT2D eigenvalue weighted by atomic mass is 10.2. The summed E-state index contributed by atoms with van der Waals surface area (Å²) in [4.78, 5) is 21.7. The molecule has 1 aromatic carbocycles.